The Morgan fingerprint density at radius 1 is 1.39 bits per heavy atom. The van der Waals surface area contributed by atoms with Crippen LogP contribution in [0.1, 0.15) is 19.4 Å². The van der Waals surface area contributed by atoms with Gasteiger partial charge in [0.05, 0.1) is 13.0 Å². The third-order valence-corrected chi connectivity index (χ3v) is 3.72. The molecule has 0 aliphatic heterocycles. The van der Waals surface area contributed by atoms with E-state index in [2.05, 4.69) is 22.1 Å². The molecule has 1 amide bonds. The number of nitrogens with one attached hydrogen (secondary N) is 2. The molecule has 1 heterocycles. The van der Waals surface area contributed by atoms with Gasteiger partial charge in [0.15, 0.2) is 0 Å². The normalized spacial score (nSPS) is 12.6. The molecule has 1 atom stereocenters. The van der Waals surface area contributed by atoms with Crippen LogP contribution in [-0.2, 0) is 11.2 Å². The van der Waals surface area contributed by atoms with Crippen molar-refractivity contribution in [2.24, 2.45) is 5.92 Å². The van der Waals surface area contributed by atoms with Gasteiger partial charge in [-0.1, -0.05) is 13.0 Å². The van der Waals surface area contributed by atoms with E-state index in [1.807, 2.05) is 45.4 Å². The van der Waals surface area contributed by atoms with Gasteiger partial charge in [0.2, 0.25) is 5.91 Å². The smallest absolute Gasteiger partial charge is 0.224 e. The van der Waals surface area contributed by atoms with Crippen LogP contribution >= 0.6 is 0 Å². The summed E-state index contributed by atoms with van der Waals surface area (Å²) in [7, 11) is 4.08. The van der Waals surface area contributed by atoms with Crippen LogP contribution in [0.4, 0.5) is 0 Å². The molecule has 0 bridgehead atoms. The summed E-state index contributed by atoms with van der Waals surface area (Å²) in [6.07, 6.45) is 2.26. The number of fused-ring (bicyclic) bond motifs is 1. The van der Waals surface area contributed by atoms with E-state index in [0.717, 1.165) is 28.8 Å². The van der Waals surface area contributed by atoms with E-state index in [1.165, 1.54) is 0 Å². The Bertz CT molecular complexity index is 649. The zero-order chi connectivity index (χ0) is 16.8. The number of amides is 1. The standard InChI is InChI=1S/C18H27N3O2/c1-5-23-16-8-6-7-15-18(16)14(11-19-15)9-17(22)20-10-13(2)12-21(3)4/h6-8,11,13,19H,5,9-10,12H2,1-4H3,(H,20,22)/t13-/m1/s1. The van der Waals surface area contributed by atoms with Gasteiger partial charge in [-0.15, -0.1) is 0 Å². The Labute approximate surface area is 138 Å². The van der Waals surface area contributed by atoms with Crippen molar-refractivity contribution in [3.05, 3.63) is 30.0 Å². The number of H-pyrrole nitrogens is 1. The summed E-state index contributed by atoms with van der Waals surface area (Å²) in [5.41, 5.74) is 1.97. The van der Waals surface area contributed by atoms with Crippen molar-refractivity contribution in [2.45, 2.75) is 20.3 Å². The van der Waals surface area contributed by atoms with E-state index < -0.39 is 0 Å². The average Bonchev–Trinajstić information content (AvgIpc) is 2.89. The molecule has 0 spiro atoms. The second kappa shape index (κ2) is 8.02. The van der Waals surface area contributed by atoms with Crippen molar-refractivity contribution in [2.75, 3.05) is 33.8 Å². The van der Waals surface area contributed by atoms with Crippen LogP contribution in [0.2, 0.25) is 0 Å². The number of hydrogen-bond donors (Lipinski definition) is 2. The SMILES string of the molecule is CCOc1cccc2[nH]cc(CC(=O)NC[C@@H](C)CN(C)C)c12. The van der Waals surface area contributed by atoms with E-state index >= 15 is 0 Å². The number of aromatic nitrogens is 1. The fourth-order valence-electron chi connectivity index (χ4n) is 2.85. The summed E-state index contributed by atoms with van der Waals surface area (Å²) in [6.45, 7) is 6.36. The maximum atomic E-state index is 12.2. The van der Waals surface area contributed by atoms with Gasteiger partial charge in [-0.05, 0) is 44.6 Å². The molecule has 1 aromatic heterocycles. The number of aromatic amines is 1. The topological polar surface area (TPSA) is 57.4 Å². The summed E-state index contributed by atoms with van der Waals surface area (Å²) in [4.78, 5) is 17.6. The number of rotatable bonds is 8. The molecule has 2 rings (SSSR count). The molecule has 0 unspecified atom stereocenters. The minimum atomic E-state index is 0.0443. The van der Waals surface area contributed by atoms with Crippen LogP contribution in [0, 0.1) is 5.92 Å². The fourth-order valence-corrected chi connectivity index (χ4v) is 2.85. The first-order valence-electron chi connectivity index (χ1n) is 8.14. The summed E-state index contributed by atoms with van der Waals surface area (Å²) in [5.74, 6) is 1.30. The zero-order valence-corrected chi connectivity index (χ0v) is 14.5. The molecule has 2 N–H and O–H groups in total. The van der Waals surface area contributed by atoms with Crippen molar-refractivity contribution in [3.8, 4) is 5.75 Å². The summed E-state index contributed by atoms with van der Waals surface area (Å²) in [6, 6.07) is 5.90. The molecule has 0 aliphatic rings. The van der Waals surface area contributed by atoms with Crippen LogP contribution in [0.3, 0.4) is 0 Å². The highest BCUT2D eigenvalue weighted by molar-refractivity contribution is 5.93. The first kappa shape index (κ1) is 17.3. The van der Waals surface area contributed by atoms with E-state index in [1.54, 1.807) is 0 Å². The maximum absolute atomic E-state index is 12.2. The number of hydrogen-bond acceptors (Lipinski definition) is 3. The zero-order valence-electron chi connectivity index (χ0n) is 14.5. The van der Waals surface area contributed by atoms with Gasteiger partial charge in [-0.25, -0.2) is 0 Å². The maximum Gasteiger partial charge on any atom is 0.224 e. The molecule has 0 aliphatic carbocycles. The molecule has 1 aromatic carbocycles. The Hall–Kier alpha value is -2.01. The quantitative estimate of drug-likeness (QED) is 0.786. The van der Waals surface area contributed by atoms with Crippen molar-refractivity contribution < 1.29 is 9.53 Å². The number of carbonyl (C=O) groups is 1. The minimum absolute atomic E-state index is 0.0443. The molecule has 0 radical (unpaired) electrons. The fraction of sp³-hybridized carbons (Fsp3) is 0.500. The molecule has 0 fully saturated rings. The highest BCUT2D eigenvalue weighted by Crippen LogP contribution is 2.29. The third-order valence-electron chi connectivity index (χ3n) is 3.72. The molecular weight excluding hydrogens is 290 g/mol. The predicted octanol–water partition coefficient (Wildman–Crippen LogP) is 2.42. The molecule has 0 saturated heterocycles. The molecule has 2 aromatic rings. The molecule has 5 nitrogen and oxygen atoms in total. The van der Waals surface area contributed by atoms with Gasteiger partial charge in [0.1, 0.15) is 5.75 Å². The number of carbonyl (C=O) groups excluding carboxylic acids is 1. The van der Waals surface area contributed by atoms with Crippen LogP contribution < -0.4 is 10.1 Å². The van der Waals surface area contributed by atoms with E-state index in [0.29, 0.717) is 25.5 Å². The van der Waals surface area contributed by atoms with Crippen molar-refractivity contribution >= 4 is 16.8 Å². The van der Waals surface area contributed by atoms with Gasteiger partial charge < -0.3 is 19.9 Å². The van der Waals surface area contributed by atoms with Crippen molar-refractivity contribution in [3.63, 3.8) is 0 Å². The summed E-state index contributed by atoms with van der Waals surface area (Å²) in [5, 5.41) is 4.03. The Balaban J connectivity index is 2.02. The van der Waals surface area contributed by atoms with Crippen LogP contribution in [0.15, 0.2) is 24.4 Å². The predicted molar refractivity (Wildman–Crippen MR) is 93.9 cm³/mol. The summed E-state index contributed by atoms with van der Waals surface area (Å²) < 4.78 is 5.68. The second-order valence-corrected chi connectivity index (χ2v) is 6.27. The monoisotopic (exact) mass is 317 g/mol. The Morgan fingerprint density at radius 3 is 2.87 bits per heavy atom. The van der Waals surface area contributed by atoms with Gasteiger partial charge >= 0.3 is 0 Å². The van der Waals surface area contributed by atoms with E-state index in [9.17, 15) is 4.79 Å². The van der Waals surface area contributed by atoms with E-state index in [-0.39, 0.29) is 5.91 Å². The molecule has 126 valence electrons. The largest absolute Gasteiger partial charge is 0.493 e. The highest BCUT2D eigenvalue weighted by atomic mass is 16.5. The molecule has 23 heavy (non-hydrogen) atoms. The lowest BCUT2D eigenvalue weighted by Crippen LogP contribution is -2.33. The van der Waals surface area contributed by atoms with Crippen LogP contribution in [0.5, 0.6) is 5.75 Å². The first-order valence-corrected chi connectivity index (χ1v) is 8.14. The van der Waals surface area contributed by atoms with Gasteiger partial charge in [0.25, 0.3) is 0 Å². The van der Waals surface area contributed by atoms with Crippen LogP contribution in [-0.4, -0.2) is 49.6 Å². The van der Waals surface area contributed by atoms with Crippen LogP contribution in [0.25, 0.3) is 10.9 Å². The lowest BCUT2D eigenvalue weighted by molar-refractivity contribution is -0.120. The molecule has 5 heteroatoms. The van der Waals surface area contributed by atoms with Crippen molar-refractivity contribution in [1.82, 2.24) is 15.2 Å². The van der Waals surface area contributed by atoms with Gasteiger partial charge in [-0.3, -0.25) is 4.79 Å². The lowest BCUT2D eigenvalue weighted by Gasteiger charge is -2.17. The second-order valence-electron chi connectivity index (χ2n) is 6.27. The average molecular weight is 317 g/mol. The first-order chi connectivity index (χ1) is 11.0. The Kier molecular flexibility index (Phi) is 6.04. The van der Waals surface area contributed by atoms with E-state index in [4.69, 9.17) is 4.74 Å². The molecule has 0 saturated carbocycles. The third kappa shape index (κ3) is 4.73. The number of nitrogens with zero attached hydrogens (tertiary/aromatic N) is 1. The van der Waals surface area contributed by atoms with Crippen molar-refractivity contribution in [1.29, 1.82) is 0 Å². The number of benzene rings is 1. The lowest BCUT2D eigenvalue weighted by atomic mass is 10.1. The Morgan fingerprint density at radius 2 is 2.17 bits per heavy atom. The molecular formula is C18H27N3O2. The number of ether oxygens (including phenoxy) is 1. The van der Waals surface area contributed by atoms with Gasteiger partial charge in [-0.2, -0.15) is 0 Å². The highest BCUT2D eigenvalue weighted by Gasteiger charge is 2.13. The summed E-state index contributed by atoms with van der Waals surface area (Å²) >= 11 is 0. The minimum Gasteiger partial charge on any atom is -0.493 e. The van der Waals surface area contributed by atoms with Gasteiger partial charge in [0, 0.05) is 30.2 Å².